The Hall–Kier alpha value is -1.98. The number of carbonyl (C=O) groups is 2. The van der Waals surface area contributed by atoms with E-state index in [1.807, 2.05) is 0 Å². The molecule has 0 aliphatic heterocycles. The summed E-state index contributed by atoms with van der Waals surface area (Å²) in [5.74, 6) is -1.36. The summed E-state index contributed by atoms with van der Waals surface area (Å²) < 4.78 is 0. The predicted octanol–water partition coefficient (Wildman–Crippen LogP) is -0.157. The summed E-state index contributed by atoms with van der Waals surface area (Å²) in [6.45, 7) is 1.53. The molecule has 0 radical (unpaired) electrons. The molecule has 0 unspecified atom stereocenters. The summed E-state index contributed by atoms with van der Waals surface area (Å²) in [4.78, 5) is 29.2. The van der Waals surface area contributed by atoms with Crippen LogP contribution in [0.4, 0.5) is 0 Å². The minimum Gasteiger partial charge on any atom is -0.477 e. The Morgan fingerprint density at radius 1 is 1.36 bits per heavy atom. The van der Waals surface area contributed by atoms with E-state index >= 15 is 0 Å². The SMILES string of the molecule is CNC(=O)c1cc(C(=O)O)nc(C)n1. The number of carboxylic acid groups (broad SMARTS) is 1. The van der Waals surface area contributed by atoms with E-state index in [1.165, 1.54) is 14.0 Å². The Kier molecular flexibility index (Phi) is 2.76. The molecule has 74 valence electrons. The molecule has 0 fully saturated rings. The van der Waals surface area contributed by atoms with Gasteiger partial charge in [-0.1, -0.05) is 0 Å². The van der Waals surface area contributed by atoms with Crippen LogP contribution in [0.3, 0.4) is 0 Å². The van der Waals surface area contributed by atoms with E-state index in [9.17, 15) is 9.59 Å². The van der Waals surface area contributed by atoms with Gasteiger partial charge in [-0.25, -0.2) is 14.8 Å². The molecule has 0 aliphatic rings. The number of hydrogen-bond donors (Lipinski definition) is 2. The average molecular weight is 195 g/mol. The lowest BCUT2D eigenvalue weighted by Crippen LogP contribution is -2.21. The highest BCUT2D eigenvalue weighted by Gasteiger charge is 2.12. The van der Waals surface area contributed by atoms with Crippen molar-refractivity contribution < 1.29 is 14.7 Å². The van der Waals surface area contributed by atoms with Crippen LogP contribution in [0, 0.1) is 6.92 Å². The Morgan fingerprint density at radius 3 is 2.43 bits per heavy atom. The fraction of sp³-hybridized carbons (Fsp3) is 0.250. The van der Waals surface area contributed by atoms with E-state index in [1.54, 1.807) is 0 Å². The lowest BCUT2D eigenvalue weighted by atomic mass is 10.3. The summed E-state index contributed by atoms with van der Waals surface area (Å²) in [5, 5.41) is 11.0. The monoisotopic (exact) mass is 195 g/mol. The van der Waals surface area contributed by atoms with Crippen molar-refractivity contribution in [2.75, 3.05) is 7.05 Å². The highest BCUT2D eigenvalue weighted by Crippen LogP contribution is 2.01. The fourth-order valence-electron chi connectivity index (χ4n) is 0.922. The molecule has 0 saturated heterocycles. The topological polar surface area (TPSA) is 92.2 Å². The highest BCUT2D eigenvalue weighted by atomic mass is 16.4. The second kappa shape index (κ2) is 3.82. The van der Waals surface area contributed by atoms with Gasteiger partial charge < -0.3 is 10.4 Å². The van der Waals surface area contributed by atoms with Crippen LogP contribution in [0.15, 0.2) is 6.07 Å². The van der Waals surface area contributed by atoms with Crippen LogP contribution < -0.4 is 5.32 Å². The molecule has 0 aliphatic carbocycles. The third-order valence-electron chi connectivity index (χ3n) is 1.52. The van der Waals surface area contributed by atoms with Gasteiger partial charge in [-0.2, -0.15) is 0 Å². The summed E-state index contributed by atoms with van der Waals surface area (Å²) in [6, 6.07) is 1.13. The van der Waals surface area contributed by atoms with Crippen LogP contribution in [0.25, 0.3) is 0 Å². The number of hydrogen-bond acceptors (Lipinski definition) is 4. The second-order valence-corrected chi connectivity index (χ2v) is 2.57. The molecular formula is C8H9N3O3. The summed E-state index contributed by atoms with van der Waals surface area (Å²) in [7, 11) is 1.44. The molecule has 14 heavy (non-hydrogen) atoms. The molecule has 1 aromatic heterocycles. The molecule has 0 aromatic carbocycles. The van der Waals surface area contributed by atoms with Crippen molar-refractivity contribution in [2.45, 2.75) is 6.92 Å². The predicted molar refractivity (Wildman–Crippen MR) is 47.1 cm³/mol. The zero-order valence-electron chi connectivity index (χ0n) is 7.74. The van der Waals surface area contributed by atoms with Crippen LogP contribution >= 0.6 is 0 Å². The standard InChI is InChI=1S/C8H9N3O3/c1-4-10-5(7(12)9-2)3-6(11-4)8(13)14/h3H,1-2H3,(H,9,12)(H,13,14). The van der Waals surface area contributed by atoms with Gasteiger partial charge in [0.25, 0.3) is 5.91 Å². The van der Waals surface area contributed by atoms with E-state index in [0.29, 0.717) is 0 Å². The van der Waals surface area contributed by atoms with E-state index in [-0.39, 0.29) is 17.2 Å². The van der Waals surface area contributed by atoms with Crippen LogP contribution in [-0.2, 0) is 0 Å². The third-order valence-corrected chi connectivity index (χ3v) is 1.52. The van der Waals surface area contributed by atoms with E-state index < -0.39 is 11.9 Å². The van der Waals surface area contributed by atoms with Gasteiger partial charge in [0.15, 0.2) is 5.69 Å². The van der Waals surface area contributed by atoms with Crippen LogP contribution in [0.2, 0.25) is 0 Å². The minimum absolute atomic E-state index is 0.0531. The van der Waals surface area contributed by atoms with Crippen molar-refractivity contribution in [2.24, 2.45) is 0 Å². The van der Waals surface area contributed by atoms with Gasteiger partial charge in [-0.3, -0.25) is 4.79 Å². The first-order chi connectivity index (χ1) is 6.54. The lowest BCUT2D eigenvalue weighted by Gasteiger charge is -2.01. The number of aryl methyl sites for hydroxylation is 1. The number of carboxylic acids is 1. The van der Waals surface area contributed by atoms with Gasteiger partial charge in [0, 0.05) is 13.1 Å². The van der Waals surface area contributed by atoms with Crippen molar-refractivity contribution in [1.29, 1.82) is 0 Å². The first-order valence-electron chi connectivity index (χ1n) is 3.85. The van der Waals surface area contributed by atoms with Gasteiger partial charge in [-0.15, -0.1) is 0 Å². The van der Waals surface area contributed by atoms with Crippen LogP contribution in [0.5, 0.6) is 0 Å². The largest absolute Gasteiger partial charge is 0.477 e. The van der Waals surface area contributed by atoms with Gasteiger partial charge in [0.05, 0.1) is 0 Å². The maximum Gasteiger partial charge on any atom is 0.354 e. The number of amides is 1. The molecular weight excluding hydrogens is 186 g/mol. The Bertz CT molecular complexity index is 389. The van der Waals surface area contributed by atoms with Gasteiger partial charge in [0.2, 0.25) is 0 Å². The van der Waals surface area contributed by atoms with Crippen molar-refractivity contribution in [3.05, 3.63) is 23.3 Å². The molecule has 1 rings (SSSR count). The van der Waals surface area contributed by atoms with Crippen LogP contribution in [0.1, 0.15) is 26.8 Å². The normalized spacial score (nSPS) is 9.57. The number of nitrogens with zero attached hydrogens (tertiary/aromatic N) is 2. The van der Waals surface area contributed by atoms with Gasteiger partial charge >= 0.3 is 5.97 Å². The number of aromatic carboxylic acids is 1. The molecule has 6 nitrogen and oxygen atoms in total. The molecule has 1 aromatic rings. The number of aromatic nitrogens is 2. The molecule has 0 bridgehead atoms. The van der Waals surface area contributed by atoms with Crippen molar-refractivity contribution in [3.63, 3.8) is 0 Å². The molecule has 1 heterocycles. The van der Waals surface area contributed by atoms with E-state index in [2.05, 4.69) is 15.3 Å². The first-order valence-corrected chi connectivity index (χ1v) is 3.85. The zero-order chi connectivity index (χ0) is 10.7. The number of carbonyl (C=O) groups excluding carboxylic acids is 1. The first kappa shape index (κ1) is 10.1. The van der Waals surface area contributed by atoms with Gasteiger partial charge in [0.1, 0.15) is 11.5 Å². The summed E-state index contributed by atoms with van der Waals surface area (Å²) >= 11 is 0. The minimum atomic E-state index is -1.18. The summed E-state index contributed by atoms with van der Waals surface area (Å²) in [5.41, 5.74) is -0.131. The number of nitrogens with one attached hydrogen (secondary N) is 1. The molecule has 1 amide bonds. The maximum atomic E-state index is 11.1. The second-order valence-electron chi connectivity index (χ2n) is 2.57. The zero-order valence-corrected chi connectivity index (χ0v) is 7.74. The average Bonchev–Trinajstić information content (AvgIpc) is 2.15. The molecule has 0 saturated carbocycles. The van der Waals surface area contributed by atoms with Crippen LogP contribution in [-0.4, -0.2) is 34.0 Å². The van der Waals surface area contributed by atoms with Crippen molar-refractivity contribution in [3.8, 4) is 0 Å². The van der Waals surface area contributed by atoms with Crippen molar-refractivity contribution >= 4 is 11.9 Å². The smallest absolute Gasteiger partial charge is 0.354 e. The highest BCUT2D eigenvalue weighted by molar-refractivity contribution is 5.94. The number of rotatable bonds is 2. The maximum absolute atomic E-state index is 11.1. The van der Waals surface area contributed by atoms with Crippen molar-refractivity contribution in [1.82, 2.24) is 15.3 Å². The molecule has 0 spiro atoms. The molecule has 6 heteroatoms. The van der Waals surface area contributed by atoms with E-state index in [0.717, 1.165) is 6.07 Å². The van der Waals surface area contributed by atoms with E-state index in [4.69, 9.17) is 5.11 Å². The molecule has 2 N–H and O–H groups in total. The summed E-state index contributed by atoms with van der Waals surface area (Å²) in [6.07, 6.45) is 0. The Morgan fingerprint density at radius 2 is 1.93 bits per heavy atom. The molecule has 0 atom stereocenters. The Balaban J connectivity index is 3.20. The third kappa shape index (κ3) is 2.03. The quantitative estimate of drug-likeness (QED) is 0.684. The Labute approximate surface area is 80.0 Å². The fourth-order valence-corrected chi connectivity index (χ4v) is 0.922. The lowest BCUT2D eigenvalue weighted by molar-refractivity contribution is 0.0690. The van der Waals surface area contributed by atoms with Gasteiger partial charge in [-0.05, 0) is 6.92 Å².